The molecule has 0 amide bonds. The van der Waals surface area contributed by atoms with E-state index in [2.05, 4.69) is 29.4 Å². The Morgan fingerprint density at radius 2 is 1.88 bits per heavy atom. The van der Waals surface area contributed by atoms with Gasteiger partial charge in [-0.1, -0.05) is 26.2 Å². The number of likely N-dealkylation sites (tertiary alicyclic amines) is 1. The van der Waals surface area contributed by atoms with Crippen LogP contribution in [0.2, 0.25) is 0 Å². The number of nitrogens with zero attached hydrogens (tertiary/aromatic N) is 2. The van der Waals surface area contributed by atoms with Crippen molar-refractivity contribution < 1.29 is 4.74 Å². The van der Waals surface area contributed by atoms with Gasteiger partial charge in [0.1, 0.15) is 0 Å². The molecule has 2 aliphatic rings. The van der Waals surface area contributed by atoms with Crippen LogP contribution in [0.15, 0.2) is 4.99 Å². The molecule has 0 radical (unpaired) electrons. The van der Waals surface area contributed by atoms with E-state index in [0.717, 1.165) is 44.0 Å². The maximum Gasteiger partial charge on any atom is 0.191 e. The fourth-order valence-corrected chi connectivity index (χ4v) is 4.14. The highest BCUT2D eigenvalue weighted by atomic mass is 127. The van der Waals surface area contributed by atoms with Crippen LogP contribution in [-0.2, 0) is 4.74 Å². The molecule has 2 fully saturated rings. The van der Waals surface area contributed by atoms with Gasteiger partial charge in [-0.3, -0.25) is 4.99 Å². The topological polar surface area (TPSA) is 48.9 Å². The number of nitrogens with one attached hydrogen (secondary N) is 2. The summed E-state index contributed by atoms with van der Waals surface area (Å²) in [7, 11) is 1.78. The Bertz CT molecular complexity index is 386. The van der Waals surface area contributed by atoms with Gasteiger partial charge in [0.25, 0.3) is 0 Å². The van der Waals surface area contributed by atoms with Gasteiger partial charge < -0.3 is 20.3 Å². The molecule has 1 aliphatic carbocycles. The largest absolute Gasteiger partial charge is 0.383 e. The number of piperidine rings is 1. The minimum Gasteiger partial charge on any atom is -0.383 e. The Morgan fingerprint density at radius 1 is 1.12 bits per heavy atom. The van der Waals surface area contributed by atoms with E-state index in [1.165, 1.54) is 58.0 Å². The highest BCUT2D eigenvalue weighted by Gasteiger charge is 2.22. The SMILES string of the molecule is CCNC(=NCC1CCN(CCOC)CC1)NC1CCCC(CC)C1.I. The molecule has 1 saturated carbocycles. The predicted octanol–water partition coefficient (Wildman–Crippen LogP) is 3.49. The number of guanidine groups is 1. The third-order valence-corrected chi connectivity index (χ3v) is 5.87. The van der Waals surface area contributed by atoms with Crippen LogP contribution in [0.1, 0.15) is 58.8 Å². The van der Waals surface area contributed by atoms with Gasteiger partial charge in [-0.2, -0.15) is 0 Å². The van der Waals surface area contributed by atoms with Crippen LogP contribution in [0.3, 0.4) is 0 Å². The van der Waals surface area contributed by atoms with Gasteiger partial charge in [-0.25, -0.2) is 0 Å². The molecule has 2 N–H and O–H groups in total. The van der Waals surface area contributed by atoms with Crippen LogP contribution in [0.5, 0.6) is 0 Å². The molecule has 1 aliphatic heterocycles. The fourth-order valence-electron chi connectivity index (χ4n) is 4.14. The van der Waals surface area contributed by atoms with Gasteiger partial charge in [0.05, 0.1) is 6.61 Å². The van der Waals surface area contributed by atoms with Gasteiger partial charge in [-0.05, 0) is 57.5 Å². The Morgan fingerprint density at radius 3 is 2.54 bits per heavy atom. The van der Waals surface area contributed by atoms with Crippen molar-refractivity contribution in [3.05, 3.63) is 0 Å². The van der Waals surface area contributed by atoms with Crippen molar-refractivity contribution in [1.29, 1.82) is 0 Å². The standard InChI is InChI=1S/C20H40N4O.HI/c1-4-17-7-6-8-19(15-17)23-20(21-5-2)22-16-18-9-11-24(12-10-18)13-14-25-3;/h17-19H,4-16H2,1-3H3,(H2,21,22,23);1H. The smallest absolute Gasteiger partial charge is 0.191 e. The van der Waals surface area contributed by atoms with Crippen molar-refractivity contribution in [2.24, 2.45) is 16.8 Å². The summed E-state index contributed by atoms with van der Waals surface area (Å²) in [5.41, 5.74) is 0. The first kappa shape index (κ1) is 24.0. The Labute approximate surface area is 178 Å². The van der Waals surface area contributed by atoms with Gasteiger partial charge in [0.2, 0.25) is 0 Å². The first-order chi connectivity index (χ1) is 12.2. The van der Waals surface area contributed by atoms with E-state index >= 15 is 0 Å². The summed E-state index contributed by atoms with van der Waals surface area (Å²) >= 11 is 0. The molecule has 0 bridgehead atoms. The van der Waals surface area contributed by atoms with E-state index in [-0.39, 0.29) is 24.0 Å². The minimum atomic E-state index is 0. The molecular formula is C20H41IN4O. The quantitative estimate of drug-likeness (QED) is 0.317. The maximum atomic E-state index is 5.18. The second kappa shape index (κ2) is 14.0. The number of halogens is 1. The van der Waals surface area contributed by atoms with E-state index in [4.69, 9.17) is 9.73 Å². The van der Waals surface area contributed by atoms with Crippen LogP contribution in [0.4, 0.5) is 0 Å². The normalized spacial score (nSPS) is 25.6. The Kier molecular flexibility index (Phi) is 12.9. The van der Waals surface area contributed by atoms with Crippen LogP contribution < -0.4 is 10.6 Å². The molecule has 26 heavy (non-hydrogen) atoms. The molecule has 0 aromatic rings. The summed E-state index contributed by atoms with van der Waals surface area (Å²) in [5, 5.41) is 7.16. The van der Waals surface area contributed by atoms with E-state index < -0.39 is 0 Å². The molecule has 1 saturated heterocycles. The van der Waals surface area contributed by atoms with Crippen molar-refractivity contribution in [2.45, 2.75) is 64.8 Å². The van der Waals surface area contributed by atoms with Crippen molar-refractivity contribution in [1.82, 2.24) is 15.5 Å². The minimum absolute atomic E-state index is 0. The molecule has 5 nitrogen and oxygen atoms in total. The summed E-state index contributed by atoms with van der Waals surface area (Å²) in [6, 6.07) is 0.604. The first-order valence-electron chi connectivity index (χ1n) is 10.5. The molecule has 2 rings (SSSR count). The van der Waals surface area contributed by atoms with E-state index in [0.29, 0.717) is 6.04 Å². The number of methoxy groups -OCH3 is 1. The van der Waals surface area contributed by atoms with Crippen LogP contribution in [0.25, 0.3) is 0 Å². The molecule has 0 aromatic carbocycles. The van der Waals surface area contributed by atoms with Gasteiger partial charge in [0, 0.05) is 32.8 Å². The van der Waals surface area contributed by atoms with Crippen molar-refractivity contribution in [3.63, 3.8) is 0 Å². The summed E-state index contributed by atoms with van der Waals surface area (Å²) in [6.45, 7) is 10.7. The maximum absolute atomic E-state index is 5.18. The number of hydrogen-bond acceptors (Lipinski definition) is 3. The predicted molar refractivity (Wildman–Crippen MR) is 122 cm³/mol. The summed E-state index contributed by atoms with van der Waals surface area (Å²) in [5.74, 6) is 2.65. The number of hydrogen-bond donors (Lipinski definition) is 2. The lowest BCUT2D eigenvalue weighted by Crippen LogP contribution is -2.45. The molecular weight excluding hydrogens is 439 g/mol. The fraction of sp³-hybridized carbons (Fsp3) is 0.950. The second-order valence-electron chi connectivity index (χ2n) is 7.78. The average Bonchev–Trinajstić information content (AvgIpc) is 2.65. The van der Waals surface area contributed by atoms with Gasteiger partial charge in [0.15, 0.2) is 5.96 Å². The van der Waals surface area contributed by atoms with E-state index in [9.17, 15) is 0 Å². The second-order valence-corrected chi connectivity index (χ2v) is 7.78. The zero-order chi connectivity index (χ0) is 17.9. The molecule has 154 valence electrons. The third-order valence-electron chi connectivity index (χ3n) is 5.87. The number of ether oxygens (including phenoxy) is 1. The average molecular weight is 480 g/mol. The highest BCUT2D eigenvalue weighted by molar-refractivity contribution is 14.0. The van der Waals surface area contributed by atoms with Gasteiger partial charge >= 0.3 is 0 Å². The van der Waals surface area contributed by atoms with Crippen LogP contribution in [-0.4, -0.2) is 63.3 Å². The third kappa shape index (κ3) is 8.74. The molecule has 2 atom stereocenters. The van der Waals surface area contributed by atoms with Crippen LogP contribution in [0, 0.1) is 11.8 Å². The zero-order valence-electron chi connectivity index (χ0n) is 17.1. The summed E-state index contributed by atoms with van der Waals surface area (Å²) < 4.78 is 5.18. The van der Waals surface area contributed by atoms with Crippen molar-refractivity contribution in [3.8, 4) is 0 Å². The Hall–Kier alpha value is -0.0800. The summed E-state index contributed by atoms with van der Waals surface area (Å²) in [4.78, 5) is 7.43. The number of aliphatic imine (C=N–C) groups is 1. The van der Waals surface area contributed by atoms with Crippen molar-refractivity contribution >= 4 is 29.9 Å². The monoisotopic (exact) mass is 480 g/mol. The Balaban J connectivity index is 0.00000338. The lowest BCUT2D eigenvalue weighted by Gasteiger charge is -2.32. The van der Waals surface area contributed by atoms with Crippen LogP contribution >= 0.6 is 24.0 Å². The molecule has 0 spiro atoms. The zero-order valence-corrected chi connectivity index (χ0v) is 19.5. The molecule has 0 aromatic heterocycles. The van der Waals surface area contributed by atoms with Crippen molar-refractivity contribution in [2.75, 3.05) is 46.4 Å². The first-order valence-corrected chi connectivity index (χ1v) is 10.5. The van der Waals surface area contributed by atoms with Gasteiger partial charge in [-0.15, -0.1) is 24.0 Å². The molecule has 2 unspecified atom stereocenters. The molecule has 1 heterocycles. The number of rotatable bonds is 8. The lowest BCUT2D eigenvalue weighted by atomic mass is 9.84. The summed E-state index contributed by atoms with van der Waals surface area (Å²) in [6.07, 6.45) is 9.19. The van der Waals surface area contributed by atoms with E-state index in [1.54, 1.807) is 7.11 Å². The molecule has 6 heteroatoms. The lowest BCUT2D eigenvalue weighted by molar-refractivity contribution is 0.121. The van der Waals surface area contributed by atoms with E-state index in [1.807, 2.05) is 0 Å². The highest BCUT2D eigenvalue weighted by Crippen LogP contribution is 2.26.